The van der Waals surface area contributed by atoms with Crippen molar-refractivity contribution in [1.29, 1.82) is 0 Å². The summed E-state index contributed by atoms with van der Waals surface area (Å²) in [5.74, 6) is -0.522. The number of ether oxygens (including phenoxy) is 2. The minimum absolute atomic E-state index is 0.00752. The molecule has 2 aromatic carbocycles. The van der Waals surface area contributed by atoms with Gasteiger partial charge < -0.3 is 14.8 Å². The highest BCUT2D eigenvalue weighted by Gasteiger charge is 2.30. The number of carbonyl (C=O) groups excluding carboxylic acids is 1. The quantitative estimate of drug-likeness (QED) is 0.180. The van der Waals surface area contributed by atoms with Crippen LogP contribution in [0.25, 0.3) is 17.1 Å². The van der Waals surface area contributed by atoms with Gasteiger partial charge in [-0.25, -0.2) is 4.98 Å². The predicted octanol–water partition coefficient (Wildman–Crippen LogP) is 7.03. The molecule has 2 heterocycles. The molecule has 2 aromatic heterocycles. The van der Waals surface area contributed by atoms with Crippen molar-refractivity contribution in [3.8, 4) is 11.5 Å². The number of amides is 1. The molecule has 1 amide bonds. The molecule has 0 aliphatic carbocycles. The number of nitrogens with zero attached hydrogens (tertiary/aromatic N) is 2. The van der Waals surface area contributed by atoms with Gasteiger partial charge in [-0.1, -0.05) is 30.8 Å². The topological polar surface area (TPSA) is 64.9 Å². The van der Waals surface area contributed by atoms with Gasteiger partial charge in [0, 0.05) is 23.7 Å². The number of allylic oxidation sites excluding steroid dienone is 1. The molecule has 0 saturated carbocycles. The zero-order chi connectivity index (χ0) is 27.4. The Bertz CT molecular complexity index is 1510. The number of imidazole rings is 1. The number of rotatable bonds is 9. The van der Waals surface area contributed by atoms with Crippen molar-refractivity contribution >= 4 is 34.4 Å². The summed E-state index contributed by atoms with van der Waals surface area (Å²) < 4.78 is 76.5. The van der Waals surface area contributed by atoms with Gasteiger partial charge in [0.2, 0.25) is 0 Å². The van der Waals surface area contributed by atoms with Crippen molar-refractivity contribution in [3.05, 3.63) is 94.5 Å². The van der Waals surface area contributed by atoms with Crippen LogP contribution in [0.15, 0.2) is 66.4 Å². The zero-order valence-corrected chi connectivity index (χ0v) is 20.6. The van der Waals surface area contributed by atoms with Crippen LogP contribution in [0.1, 0.15) is 39.8 Å². The molecule has 0 saturated heterocycles. The number of thiazole rings is 1. The lowest BCUT2D eigenvalue weighted by atomic mass is 10.1. The van der Waals surface area contributed by atoms with Crippen molar-refractivity contribution in [1.82, 2.24) is 14.7 Å². The second kappa shape index (κ2) is 11.1. The van der Waals surface area contributed by atoms with E-state index in [0.717, 1.165) is 12.1 Å². The van der Waals surface area contributed by atoms with E-state index in [1.165, 1.54) is 47.8 Å². The number of aromatic nitrogens is 2. The average molecular weight is 550 g/mol. The third kappa shape index (κ3) is 6.20. The lowest BCUT2D eigenvalue weighted by molar-refractivity contribution is -0.137. The predicted molar refractivity (Wildman–Crippen MR) is 133 cm³/mol. The van der Waals surface area contributed by atoms with Crippen molar-refractivity contribution in [2.24, 2.45) is 0 Å². The highest BCUT2D eigenvalue weighted by Crippen LogP contribution is 2.35. The second-order valence-corrected chi connectivity index (χ2v) is 8.85. The summed E-state index contributed by atoms with van der Waals surface area (Å²) in [5.41, 5.74) is 0.210. The van der Waals surface area contributed by atoms with E-state index >= 15 is 0 Å². The molecular weight excluding hydrogens is 529 g/mol. The van der Waals surface area contributed by atoms with Crippen LogP contribution in [0.5, 0.6) is 11.5 Å². The van der Waals surface area contributed by atoms with Crippen molar-refractivity contribution in [2.45, 2.75) is 26.3 Å². The Morgan fingerprint density at radius 3 is 2.68 bits per heavy atom. The second-order valence-electron chi connectivity index (χ2n) is 7.97. The van der Waals surface area contributed by atoms with Gasteiger partial charge in [0.05, 0.1) is 17.0 Å². The summed E-state index contributed by atoms with van der Waals surface area (Å²) in [6, 6.07) is 9.08. The first kappa shape index (κ1) is 26.9. The highest BCUT2D eigenvalue weighted by molar-refractivity contribution is 7.15. The van der Waals surface area contributed by atoms with Gasteiger partial charge in [0.25, 0.3) is 5.91 Å². The van der Waals surface area contributed by atoms with Gasteiger partial charge in [-0.15, -0.1) is 11.3 Å². The molecule has 6 nitrogen and oxygen atoms in total. The standard InChI is InChI=1S/C26H20F5N3O3S/c1-15(2)36-22-17(6-4-8-20(22)37-24(27)28)9-10-19-21(34-11-12-38-25(34)33-19)23(35)32-14-16-5-3-7-18(13-16)26(29,30)31/h3-13,24H,1,14H2,2H3,(H,32,35). The molecule has 0 fully saturated rings. The first-order chi connectivity index (χ1) is 18.0. The third-order valence-corrected chi connectivity index (χ3v) is 5.89. The lowest BCUT2D eigenvalue weighted by Gasteiger charge is -2.14. The monoisotopic (exact) mass is 549 g/mol. The molecule has 0 atom stereocenters. The van der Waals surface area contributed by atoms with E-state index in [1.54, 1.807) is 29.0 Å². The van der Waals surface area contributed by atoms with E-state index in [-0.39, 0.29) is 40.8 Å². The molecule has 0 bridgehead atoms. The molecule has 1 N–H and O–H groups in total. The molecule has 0 spiro atoms. The molecule has 38 heavy (non-hydrogen) atoms. The van der Waals surface area contributed by atoms with Gasteiger partial charge in [0.1, 0.15) is 5.69 Å². The number of hydrogen-bond acceptors (Lipinski definition) is 5. The fraction of sp³-hybridized carbons (Fsp3) is 0.154. The maximum absolute atomic E-state index is 13.1. The highest BCUT2D eigenvalue weighted by atomic mass is 32.1. The van der Waals surface area contributed by atoms with E-state index in [1.807, 2.05) is 0 Å². The van der Waals surface area contributed by atoms with E-state index in [9.17, 15) is 26.7 Å². The van der Waals surface area contributed by atoms with Gasteiger partial charge in [-0.2, -0.15) is 22.0 Å². The Kier molecular flexibility index (Phi) is 7.81. The molecular formula is C26H20F5N3O3S. The number of carbonyl (C=O) groups is 1. The molecule has 4 aromatic rings. The Hall–Kier alpha value is -4.19. The summed E-state index contributed by atoms with van der Waals surface area (Å²) in [5, 5.41) is 4.36. The van der Waals surface area contributed by atoms with Crippen LogP contribution in [0.3, 0.4) is 0 Å². The Morgan fingerprint density at radius 2 is 1.97 bits per heavy atom. The SMILES string of the molecule is C=C(C)Oc1c(C=Cc2nc3sccn3c2C(=O)NCc2cccc(C(F)(F)F)c2)cccc1OC(F)F. The maximum atomic E-state index is 13.1. The van der Waals surface area contributed by atoms with Crippen LogP contribution in [0, 0.1) is 0 Å². The summed E-state index contributed by atoms with van der Waals surface area (Å²) in [6.07, 6.45) is 0.158. The van der Waals surface area contributed by atoms with Crippen molar-refractivity contribution in [2.75, 3.05) is 0 Å². The van der Waals surface area contributed by atoms with Crippen LogP contribution in [-0.4, -0.2) is 21.9 Å². The fourth-order valence-electron chi connectivity index (χ4n) is 3.57. The zero-order valence-electron chi connectivity index (χ0n) is 19.8. The maximum Gasteiger partial charge on any atom is 0.416 e. The molecule has 0 radical (unpaired) electrons. The molecule has 0 unspecified atom stereocenters. The number of nitrogens with one attached hydrogen (secondary N) is 1. The summed E-state index contributed by atoms with van der Waals surface area (Å²) in [4.78, 5) is 18.1. The number of fused-ring (bicyclic) bond motifs is 1. The van der Waals surface area contributed by atoms with Gasteiger partial charge >= 0.3 is 12.8 Å². The normalized spacial score (nSPS) is 11.9. The Morgan fingerprint density at radius 1 is 1.21 bits per heavy atom. The van der Waals surface area contributed by atoms with E-state index < -0.39 is 24.3 Å². The molecule has 198 valence electrons. The largest absolute Gasteiger partial charge is 0.458 e. The van der Waals surface area contributed by atoms with Crippen LogP contribution in [-0.2, 0) is 12.7 Å². The van der Waals surface area contributed by atoms with Crippen molar-refractivity contribution < 1.29 is 36.2 Å². The summed E-state index contributed by atoms with van der Waals surface area (Å²) in [6.45, 7) is 1.96. The van der Waals surface area contributed by atoms with Gasteiger partial charge in [-0.3, -0.25) is 9.20 Å². The minimum atomic E-state index is -4.50. The van der Waals surface area contributed by atoms with Gasteiger partial charge in [0.15, 0.2) is 16.5 Å². The van der Waals surface area contributed by atoms with Crippen LogP contribution in [0.4, 0.5) is 22.0 Å². The minimum Gasteiger partial charge on any atom is -0.458 e. The van der Waals surface area contributed by atoms with E-state index in [2.05, 4.69) is 21.6 Å². The van der Waals surface area contributed by atoms with Crippen molar-refractivity contribution in [3.63, 3.8) is 0 Å². The van der Waals surface area contributed by atoms with E-state index in [0.29, 0.717) is 10.5 Å². The molecule has 12 heteroatoms. The molecule has 4 rings (SSSR count). The number of benzene rings is 2. The average Bonchev–Trinajstić information content (AvgIpc) is 3.43. The van der Waals surface area contributed by atoms with E-state index in [4.69, 9.17) is 4.74 Å². The fourth-order valence-corrected chi connectivity index (χ4v) is 4.29. The molecule has 0 aliphatic heterocycles. The molecule has 0 aliphatic rings. The Labute approximate surface area is 217 Å². The number of alkyl halides is 5. The first-order valence-corrected chi connectivity index (χ1v) is 11.9. The number of halogens is 5. The lowest BCUT2D eigenvalue weighted by Crippen LogP contribution is -2.25. The van der Waals surface area contributed by atoms with Gasteiger partial charge in [-0.05, 0) is 42.8 Å². The van der Waals surface area contributed by atoms with Crippen LogP contribution in [0.2, 0.25) is 0 Å². The smallest absolute Gasteiger partial charge is 0.416 e. The number of para-hydroxylation sites is 1. The van der Waals surface area contributed by atoms with Crippen LogP contribution < -0.4 is 14.8 Å². The number of hydrogen-bond donors (Lipinski definition) is 1. The Balaban J connectivity index is 1.63. The first-order valence-electron chi connectivity index (χ1n) is 11.0. The summed E-state index contributed by atoms with van der Waals surface area (Å²) >= 11 is 1.27. The summed E-state index contributed by atoms with van der Waals surface area (Å²) in [7, 11) is 0. The van der Waals surface area contributed by atoms with Crippen LogP contribution >= 0.6 is 11.3 Å². The third-order valence-electron chi connectivity index (χ3n) is 5.13.